The summed E-state index contributed by atoms with van der Waals surface area (Å²) in [6.07, 6.45) is 0.540. The summed E-state index contributed by atoms with van der Waals surface area (Å²) in [6, 6.07) is 0. The standard InChI is InChI=1S/C15H26O6/c1-7-13(2,3)12(17)21-15(8-11(16)18-6)9-19-14(4,5)20-10-15/h7-10H2,1-6H3. The summed E-state index contributed by atoms with van der Waals surface area (Å²) in [7, 11) is 1.29. The van der Waals surface area contributed by atoms with E-state index in [-0.39, 0.29) is 25.6 Å². The van der Waals surface area contributed by atoms with E-state index in [0.29, 0.717) is 6.42 Å². The van der Waals surface area contributed by atoms with Gasteiger partial charge in [0.1, 0.15) is 0 Å². The molecule has 1 heterocycles. The molecule has 0 bridgehead atoms. The highest BCUT2D eigenvalue weighted by atomic mass is 16.7. The van der Waals surface area contributed by atoms with Crippen LogP contribution < -0.4 is 0 Å². The van der Waals surface area contributed by atoms with Crippen molar-refractivity contribution < 1.29 is 28.5 Å². The molecular weight excluding hydrogens is 276 g/mol. The normalized spacial score (nSPS) is 20.7. The van der Waals surface area contributed by atoms with Gasteiger partial charge >= 0.3 is 11.9 Å². The van der Waals surface area contributed by atoms with E-state index in [4.69, 9.17) is 14.2 Å². The number of carbonyl (C=O) groups excluding carboxylic acids is 2. The van der Waals surface area contributed by atoms with E-state index < -0.39 is 22.8 Å². The smallest absolute Gasteiger partial charge is 0.312 e. The Morgan fingerprint density at radius 2 is 1.71 bits per heavy atom. The predicted octanol–water partition coefficient (Wildman–Crippen LogP) is 2.05. The van der Waals surface area contributed by atoms with Crippen molar-refractivity contribution >= 4 is 11.9 Å². The van der Waals surface area contributed by atoms with Crippen molar-refractivity contribution in [2.75, 3.05) is 20.3 Å². The zero-order valence-corrected chi connectivity index (χ0v) is 13.8. The van der Waals surface area contributed by atoms with Crippen molar-refractivity contribution in [3.8, 4) is 0 Å². The Bertz CT molecular complexity index is 389. The van der Waals surface area contributed by atoms with Crippen LogP contribution in [0.25, 0.3) is 0 Å². The summed E-state index contributed by atoms with van der Waals surface area (Å²) < 4.78 is 21.4. The van der Waals surface area contributed by atoms with Crippen LogP contribution in [-0.4, -0.2) is 43.7 Å². The van der Waals surface area contributed by atoms with E-state index in [9.17, 15) is 9.59 Å². The third-order valence-electron chi connectivity index (χ3n) is 3.81. The summed E-state index contributed by atoms with van der Waals surface area (Å²) >= 11 is 0. The van der Waals surface area contributed by atoms with Crippen molar-refractivity contribution in [2.45, 2.75) is 58.8 Å². The first-order chi connectivity index (χ1) is 9.56. The van der Waals surface area contributed by atoms with Crippen LogP contribution in [0, 0.1) is 5.41 Å². The van der Waals surface area contributed by atoms with E-state index in [1.807, 2.05) is 6.92 Å². The summed E-state index contributed by atoms with van der Waals surface area (Å²) in [6.45, 7) is 9.25. The first-order valence-corrected chi connectivity index (χ1v) is 7.14. The van der Waals surface area contributed by atoms with Gasteiger partial charge in [0.2, 0.25) is 0 Å². The van der Waals surface area contributed by atoms with E-state index in [2.05, 4.69) is 4.74 Å². The minimum absolute atomic E-state index is 0.0921. The molecule has 0 saturated carbocycles. The average molecular weight is 302 g/mol. The maximum absolute atomic E-state index is 12.3. The minimum Gasteiger partial charge on any atom is -0.469 e. The monoisotopic (exact) mass is 302 g/mol. The fourth-order valence-electron chi connectivity index (χ4n) is 1.71. The van der Waals surface area contributed by atoms with E-state index in [1.54, 1.807) is 27.7 Å². The predicted molar refractivity (Wildman–Crippen MR) is 75.5 cm³/mol. The lowest BCUT2D eigenvalue weighted by molar-refractivity contribution is -0.306. The number of rotatable bonds is 5. The molecule has 1 saturated heterocycles. The number of hydrogen-bond acceptors (Lipinski definition) is 6. The summed E-state index contributed by atoms with van der Waals surface area (Å²) in [5.74, 6) is -1.60. The van der Waals surface area contributed by atoms with Crippen LogP contribution >= 0.6 is 0 Å². The highest BCUT2D eigenvalue weighted by Crippen LogP contribution is 2.32. The molecule has 0 unspecified atom stereocenters. The highest BCUT2D eigenvalue weighted by molar-refractivity contribution is 5.77. The molecule has 6 heteroatoms. The van der Waals surface area contributed by atoms with Crippen molar-refractivity contribution in [2.24, 2.45) is 5.41 Å². The Morgan fingerprint density at radius 3 is 2.14 bits per heavy atom. The summed E-state index contributed by atoms with van der Waals surface area (Å²) in [5, 5.41) is 0. The Kier molecular flexibility index (Phi) is 5.39. The Labute approximate surface area is 126 Å². The molecule has 6 nitrogen and oxygen atoms in total. The molecule has 0 aromatic rings. The number of ether oxygens (including phenoxy) is 4. The van der Waals surface area contributed by atoms with Crippen molar-refractivity contribution in [1.82, 2.24) is 0 Å². The van der Waals surface area contributed by atoms with Gasteiger partial charge in [-0.25, -0.2) is 0 Å². The van der Waals surface area contributed by atoms with Crippen molar-refractivity contribution in [3.63, 3.8) is 0 Å². The minimum atomic E-state index is -1.13. The SMILES string of the molecule is CCC(C)(C)C(=O)OC1(CC(=O)OC)COC(C)(C)OC1. The Balaban J connectivity index is 2.89. The van der Waals surface area contributed by atoms with Gasteiger partial charge in [-0.15, -0.1) is 0 Å². The molecule has 0 aliphatic carbocycles. The summed E-state index contributed by atoms with van der Waals surface area (Å²) in [5.41, 5.74) is -1.76. The molecule has 0 atom stereocenters. The molecule has 1 fully saturated rings. The van der Waals surface area contributed by atoms with Crippen LogP contribution in [0.15, 0.2) is 0 Å². The maximum Gasteiger partial charge on any atom is 0.312 e. The van der Waals surface area contributed by atoms with Gasteiger partial charge in [0.05, 0.1) is 32.2 Å². The van der Waals surface area contributed by atoms with Gasteiger partial charge in [0.15, 0.2) is 11.4 Å². The number of carbonyl (C=O) groups is 2. The zero-order valence-electron chi connectivity index (χ0n) is 13.8. The van der Waals surface area contributed by atoms with Crippen molar-refractivity contribution in [1.29, 1.82) is 0 Å². The topological polar surface area (TPSA) is 71.1 Å². The van der Waals surface area contributed by atoms with E-state index >= 15 is 0 Å². The lowest BCUT2D eigenvalue weighted by Gasteiger charge is -2.43. The number of hydrogen-bond donors (Lipinski definition) is 0. The zero-order chi connectivity index (χ0) is 16.3. The molecule has 0 aromatic heterocycles. The molecular formula is C15H26O6. The fourth-order valence-corrected chi connectivity index (χ4v) is 1.71. The summed E-state index contributed by atoms with van der Waals surface area (Å²) in [4.78, 5) is 23.9. The number of esters is 2. The molecule has 1 rings (SSSR count). The van der Waals surface area contributed by atoms with Crippen molar-refractivity contribution in [3.05, 3.63) is 0 Å². The molecule has 0 radical (unpaired) electrons. The van der Waals surface area contributed by atoms with Crippen LogP contribution in [0.5, 0.6) is 0 Å². The molecule has 0 spiro atoms. The molecule has 1 aliphatic heterocycles. The van der Waals surface area contributed by atoms with E-state index in [0.717, 1.165) is 0 Å². The lowest BCUT2D eigenvalue weighted by Crippen LogP contribution is -2.55. The van der Waals surface area contributed by atoms with Crippen LogP contribution in [0.4, 0.5) is 0 Å². The van der Waals surface area contributed by atoms with Gasteiger partial charge in [-0.3, -0.25) is 9.59 Å². The second-order valence-electron chi connectivity index (χ2n) is 6.54. The molecule has 0 N–H and O–H groups in total. The fraction of sp³-hybridized carbons (Fsp3) is 0.867. The third kappa shape index (κ3) is 4.68. The van der Waals surface area contributed by atoms with Crippen LogP contribution in [0.3, 0.4) is 0 Å². The van der Waals surface area contributed by atoms with Crippen LogP contribution in [-0.2, 0) is 28.5 Å². The average Bonchev–Trinajstić information content (AvgIpc) is 2.42. The molecule has 0 amide bonds. The van der Waals surface area contributed by atoms with Crippen LogP contribution in [0.2, 0.25) is 0 Å². The maximum atomic E-state index is 12.3. The molecule has 1 aliphatic rings. The van der Waals surface area contributed by atoms with Gasteiger partial charge < -0.3 is 18.9 Å². The quantitative estimate of drug-likeness (QED) is 0.724. The second kappa shape index (κ2) is 6.32. The van der Waals surface area contributed by atoms with Crippen LogP contribution in [0.1, 0.15) is 47.5 Å². The lowest BCUT2D eigenvalue weighted by atomic mass is 9.89. The Morgan fingerprint density at radius 1 is 1.19 bits per heavy atom. The first-order valence-electron chi connectivity index (χ1n) is 7.14. The molecule has 21 heavy (non-hydrogen) atoms. The molecule has 122 valence electrons. The highest BCUT2D eigenvalue weighted by Gasteiger charge is 2.47. The van der Waals surface area contributed by atoms with E-state index in [1.165, 1.54) is 7.11 Å². The van der Waals surface area contributed by atoms with Gasteiger partial charge in [0, 0.05) is 0 Å². The van der Waals surface area contributed by atoms with Gasteiger partial charge in [-0.2, -0.15) is 0 Å². The third-order valence-corrected chi connectivity index (χ3v) is 3.81. The van der Waals surface area contributed by atoms with Gasteiger partial charge in [-0.1, -0.05) is 6.92 Å². The molecule has 0 aromatic carbocycles. The largest absolute Gasteiger partial charge is 0.469 e. The first kappa shape index (κ1) is 17.9. The van der Waals surface area contributed by atoms with Gasteiger partial charge in [0.25, 0.3) is 0 Å². The van der Waals surface area contributed by atoms with Gasteiger partial charge in [-0.05, 0) is 34.1 Å². The Hall–Kier alpha value is -1.14. The second-order valence-corrected chi connectivity index (χ2v) is 6.54. The number of methoxy groups -OCH3 is 1.